The Kier molecular flexibility index (Phi) is 4.82. The topological polar surface area (TPSA) is 42.0 Å². The molecule has 1 N–H and O–H groups in total. The first kappa shape index (κ1) is 16.3. The fourth-order valence-corrected chi connectivity index (χ4v) is 4.88. The number of hydrogen-bond donors (Lipinski definition) is 1. The second kappa shape index (κ2) is 7.38. The Hall–Kier alpha value is -2.16. The molecule has 0 unspecified atom stereocenters. The number of fused-ring (bicyclic) bond motifs is 1. The summed E-state index contributed by atoms with van der Waals surface area (Å²) in [6, 6.07) is 15.1. The van der Waals surface area contributed by atoms with Crippen molar-refractivity contribution in [3.05, 3.63) is 66.0 Å². The molecule has 0 bridgehead atoms. The van der Waals surface area contributed by atoms with E-state index in [-0.39, 0.29) is 5.91 Å². The molecule has 2 fully saturated rings. The maximum Gasteiger partial charge on any atom is 0.220 e. The molecular formula is C22H26N2O. The van der Waals surface area contributed by atoms with Gasteiger partial charge in [0.2, 0.25) is 5.91 Å². The highest BCUT2D eigenvalue weighted by Crippen LogP contribution is 2.55. The molecule has 3 nitrogen and oxygen atoms in total. The minimum absolute atomic E-state index is 0.213. The van der Waals surface area contributed by atoms with Gasteiger partial charge in [0.1, 0.15) is 0 Å². The summed E-state index contributed by atoms with van der Waals surface area (Å²) in [6.07, 6.45) is 9.98. The van der Waals surface area contributed by atoms with E-state index < -0.39 is 0 Å². The van der Waals surface area contributed by atoms with Crippen LogP contribution in [0.5, 0.6) is 0 Å². The highest BCUT2D eigenvalue weighted by Gasteiger charge is 2.53. The monoisotopic (exact) mass is 334 g/mol. The number of carbonyl (C=O) groups excluding carboxylic acids is 1. The highest BCUT2D eigenvalue weighted by atomic mass is 16.1. The van der Waals surface area contributed by atoms with Crippen LogP contribution in [0.25, 0.3) is 0 Å². The first-order valence-electron chi connectivity index (χ1n) is 9.56. The molecule has 3 heteroatoms. The van der Waals surface area contributed by atoms with Crippen LogP contribution in [0.3, 0.4) is 0 Å². The Labute approximate surface area is 149 Å². The maximum atomic E-state index is 12.5. The van der Waals surface area contributed by atoms with Crippen LogP contribution in [0.4, 0.5) is 0 Å². The van der Waals surface area contributed by atoms with Gasteiger partial charge in [-0.05, 0) is 60.8 Å². The van der Waals surface area contributed by atoms with Gasteiger partial charge in [-0.1, -0.05) is 36.8 Å². The van der Waals surface area contributed by atoms with Crippen molar-refractivity contribution in [2.75, 3.05) is 0 Å². The van der Waals surface area contributed by atoms with E-state index in [2.05, 4.69) is 40.6 Å². The molecule has 4 atom stereocenters. The quantitative estimate of drug-likeness (QED) is 0.864. The summed E-state index contributed by atoms with van der Waals surface area (Å²) in [7, 11) is 0. The lowest BCUT2D eigenvalue weighted by Crippen LogP contribution is -2.56. The van der Waals surface area contributed by atoms with E-state index in [1.54, 1.807) is 0 Å². The van der Waals surface area contributed by atoms with Gasteiger partial charge in [0.15, 0.2) is 0 Å². The van der Waals surface area contributed by atoms with Gasteiger partial charge in [-0.2, -0.15) is 0 Å². The lowest BCUT2D eigenvalue weighted by atomic mass is 9.60. The molecule has 25 heavy (non-hydrogen) atoms. The number of benzene rings is 1. The average Bonchev–Trinajstić information content (AvgIpc) is 3.05. The van der Waals surface area contributed by atoms with E-state index >= 15 is 0 Å². The van der Waals surface area contributed by atoms with Crippen molar-refractivity contribution < 1.29 is 4.79 Å². The number of rotatable bonds is 6. The van der Waals surface area contributed by atoms with Crippen LogP contribution < -0.4 is 5.32 Å². The normalized spacial score (nSPS) is 27.4. The van der Waals surface area contributed by atoms with Gasteiger partial charge in [0.05, 0.1) is 0 Å². The Morgan fingerprint density at radius 3 is 2.60 bits per heavy atom. The number of pyridine rings is 1. The third kappa shape index (κ3) is 3.46. The predicted octanol–water partition coefficient (Wildman–Crippen LogP) is 4.10. The second-order valence-electron chi connectivity index (χ2n) is 7.50. The van der Waals surface area contributed by atoms with Crippen molar-refractivity contribution in [3.63, 3.8) is 0 Å². The third-order valence-electron chi connectivity index (χ3n) is 6.07. The summed E-state index contributed by atoms with van der Waals surface area (Å²) in [6.45, 7) is 0. The standard InChI is InChI=1S/C22H26N2O/c25-20(11-4-6-16-12-14-23-15-13-16)24-22-19-10-5-9-18(19)21(22)17-7-2-1-3-8-17/h1-3,7-8,12-15,18-19,21-22H,4-6,9-11H2,(H,24,25)/t18-,19+,21-,22+/m0/s1. The van der Waals surface area contributed by atoms with Crippen LogP contribution >= 0.6 is 0 Å². The summed E-state index contributed by atoms with van der Waals surface area (Å²) in [4.78, 5) is 16.5. The molecule has 0 radical (unpaired) electrons. The van der Waals surface area contributed by atoms with Crippen LogP contribution in [0.15, 0.2) is 54.9 Å². The van der Waals surface area contributed by atoms with Crippen molar-refractivity contribution in [3.8, 4) is 0 Å². The molecule has 2 aliphatic rings. The van der Waals surface area contributed by atoms with E-state index in [0.29, 0.717) is 24.3 Å². The number of hydrogen-bond acceptors (Lipinski definition) is 2. The Bertz CT molecular complexity index is 700. The van der Waals surface area contributed by atoms with Gasteiger partial charge in [-0.15, -0.1) is 0 Å². The Morgan fingerprint density at radius 2 is 1.80 bits per heavy atom. The minimum atomic E-state index is 0.213. The zero-order valence-corrected chi connectivity index (χ0v) is 14.6. The van der Waals surface area contributed by atoms with E-state index in [4.69, 9.17) is 0 Å². The number of aryl methyl sites for hydroxylation is 1. The summed E-state index contributed by atoms with van der Waals surface area (Å²) in [5.41, 5.74) is 2.65. The van der Waals surface area contributed by atoms with E-state index in [9.17, 15) is 4.79 Å². The molecule has 2 aliphatic carbocycles. The molecule has 130 valence electrons. The van der Waals surface area contributed by atoms with Gasteiger partial charge in [0.25, 0.3) is 0 Å². The van der Waals surface area contributed by atoms with Crippen molar-refractivity contribution in [1.29, 1.82) is 0 Å². The van der Waals surface area contributed by atoms with Crippen LogP contribution in [-0.2, 0) is 11.2 Å². The Morgan fingerprint density at radius 1 is 1.04 bits per heavy atom. The predicted molar refractivity (Wildman–Crippen MR) is 99.1 cm³/mol. The zero-order chi connectivity index (χ0) is 17.1. The van der Waals surface area contributed by atoms with Crippen LogP contribution in [-0.4, -0.2) is 16.9 Å². The fraction of sp³-hybridized carbons (Fsp3) is 0.455. The van der Waals surface area contributed by atoms with Crippen molar-refractivity contribution in [2.45, 2.75) is 50.5 Å². The van der Waals surface area contributed by atoms with Crippen molar-refractivity contribution >= 4 is 5.91 Å². The largest absolute Gasteiger partial charge is 0.352 e. The first-order valence-corrected chi connectivity index (χ1v) is 9.56. The number of carbonyl (C=O) groups is 1. The summed E-state index contributed by atoms with van der Waals surface area (Å²) in [5.74, 6) is 2.18. The lowest BCUT2D eigenvalue weighted by Gasteiger charge is -2.49. The minimum Gasteiger partial charge on any atom is -0.352 e. The second-order valence-corrected chi connectivity index (χ2v) is 7.50. The van der Waals surface area contributed by atoms with Gasteiger partial charge < -0.3 is 5.32 Å². The molecule has 2 saturated carbocycles. The highest BCUT2D eigenvalue weighted by molar-refractivity contribution is 5.76. The average molecular weight is 334 g/mol. The third-order valence-corrected chi connectivity index (χ3v) is 6.07. The molecule has 0 saturated heterocycles. The van der Waals surface area contributed by atoms with Crippen LogP contribution in [0.1, 0.15) is 49.1 Å². The molecule has 0 spiro atoms. The Balaban J connectivity index is 1.33. The summed E-state index contributed by atoms with van der Waals surface area (Å²) < 4.78 is 0. The summed E-state index contributed by atoms with van der Waals surface area (Å²) in [5, 5.41) is 3.37. The van der Waals surface area contributed by atoms with Crippen LogP contribution in [0.2, 0.25) is 0 Å². The van der Waals surface area contributed by atoms with E-state index in [1.165, 1.54) is 30.4 Å². The summed E-state index contributed by atoms with van der Waals surface area (Å²) >= 11 is 0. The number of aromatic nitrogens is 1. The van der Waals surface area contributed by atoms with Crippen molar-refractivity contribution in [1.82, 2.24) is 10.3 Å². The number of nitrogens with one attached hydrogen (secondary N) is 1. The number of amides is 1. The maximum absolute atomic E-state index is 12.5. The molecule has 4 rings (SSSR count). The van der Waals surface area contributed by atoms with E-state index in [1.807, 2.05) is 24.5 Å². The molecule has 0 aliphatic heterocycles. The van der Waals surface area contributed by atoms with Gasteiger partial charge in [0, 0.05) is 30.8 Å². The smallest absolute Gasteiger partial charge is 0.220 e. The van der Waals surface area contributed by atoms with Gasteiger partial charge >= 0.3 is 0 Å². The molecule has 1 aromatic carbocycles. The molecular weight excluding hydrogens is 308 g/mol. The first-order chi connectivity index (χ1) is 12.3. The van der Waals surface area contributed by atoms with Gasteiger partial charge in [-0.3, -0.25) is 9.78 Å². The molecule has 1 heterocycles. The lowest BCUT2D eigenvalue weighted by molar-refractivity contribution is -0.124. The van der Waals surface area contributed by atoms with Crippen LogP contribution in [0, 0.1) is 11.8 Å². The molecule has 2 aromatic rings. The molecule has 1 amide bonds. The van der Waals surface area contributed by atoms with Gasteiger partial charge in [-0.25, -0.2) is 0 Å². The zero-order valence-electron chi connectivity index (χ0n) is 14.6. The SMILES string of the molecule is O=C(CCCc1ccncc1)N[C@@H]1[C@@H]2CCC[C@@H]2[C@@H]1c1ccccc1. The number of nitrogens with zero attached hydrogens (tertiary/aromatic N) is 1. The van der Waals surface area contributed by atoms with Crippen molar-refractivity contribution in [2.24, 2.45) is 11.8 Å². The fourth-order valence-electron chi connectivity index (χ4n) is 4.88. The molecule has 1 aromatic heterocycles. The van der Waals surface area contributed by atoms with E-state index in [0.717, 1.165) is 18.8 Å².